The zero-order valence-electron chi connectivity index (χ0n) is 16.6. The SMILES string of the molecule is C=CCN(Cc1ccc(C(=O)NC2CCCCC2)cc1)S(=O)(=O)c1ccccc1. The van der Waals surface area contributed by atoms with Crippen molar-refractivity contribution in [2.24, 2.45) is 0 Å². The molecule has 0 saturated heterocycles. The second-order valence-corrected chi connectivity index (χ2v) is 9.34. The molecule has 2 aromatic carbocycles. The number of amides is 1. The van der Waals surface area contributed by atoms with E-state index in [0.717, 1.165) is 18.4 Å². The topological polar surface area (TPSA) is 66.5 Å². The summed E-state index contributed by atoms with van der Waals surface area (Å²) in [6, 6.07) is 15.8. The van der Waals surface area contributed by atoms with E-state index in [0.29, 0.717) is 5.56 Å². The second kappa shape index (κ2) is 9.85. The maximum Gasteiger partial charge on any atom is 0.251 e. The molecule has 1 aliphatic rings. The molecule has 0 heterocycles. The molecule has 0 aromatic heterocycles. The first-order valence-electron chi connectivity index (χ1n) is 10.1. The molecule has 0 radical (unpaired) electrons. The monoisotopic (exact) mass is 412 g/mol. The fourth-order valence-electron chi connectivity index (χ4n) is 3.61. The predicted octanol–water partition coefficient (Wildman–Crippen LogP) is 4.13. The van der Waals surface area contributed by atoms with Crippen LogP contribution < -0.4 is 5.32 Å². The van der Waals surface area contributed by atoms with Crippen molar-refractivity contribution in [3.63, 3.8) is 0 Å². The molecule has 0 aliphatic heterocycles. The van der Waals surface area contributed by atoms with E-state index in [2.05, 4.69) is 11.9 Å². The normalized spacial score (nSPS) is 15.2. The molecule has 5 nitrogen and oxygen atoms in total. The Kier molecular flexibility index (Phi) is 7.23. The van der Waals surface area contributed by atoms with Crippen LogP contribution in [0.15, 0.2) is 72.1 Å². The molecule has 1 aliphatic carbocycles. The summed E-state index contributed by atoms with van der Waals surface area (Å²) in [5.41, 5.74) is 1.42. The van der Waals surface area contributed by atoms with Gasteiger partial charge in [-0.3, -0.25) is 4.79 Å². The van der Waals surface area contributed by atoms with Gasteiger partial charge in [-0.15, -0.1) is 6.58 Å². The van der Waals surface area contributed by atoms with E-state index in [1.165, 1.54) is 23.6 Å². The van der Waals surface area contributed by atoms with E-state index >= 15 is 0 Å². The highest BCUT2D eigenvalue weighted by atomic mass is 32.2. The number of carbonyl (C=O) groups excluding carboxylic acids is 1. The van der Waals surface area contributed by atoms with Gasteiger partial charge < -0.3 is 5.32 Å². The van der Waals surface area contributed by atoms with Crippen molar-refractivity contribution in [3.05, 3.63) is 78.4 Å². The van der Waals surface area contributed by atoms with Crippen molar-refractivity contribution in [1.29, 1.82) is 0 Å². The minimum absolute atomic E-state index is 0.0664. The van der Waals surface area contributed by atoms with Crippen LogP contribution >= 0.6 is 0 Å². The molecule has 2 aromatic rings. The standard InChI is InChI=1S/C23H28N2O3S/c1-2-17-25(29(27,28)22-11-7-4-8-12-22)18-19-13-15-20(16-14-19)23(26)24-21-9-5-3-6-10-21/h2,4,7-8,11-16,21H,1,3,5-6,9-10,17-18H2,(H,24,26). The fraction of sp³-hybridized carbons (Fsp3) is 0.348. The maximum atomic E-state index is 12.9. The fourth-order valence-corrected chi connectivity index (χ4v) is 5.03. The van der Waals surface area contributed by atoms with Crippen molar-refractivity contribution in [2.45, 2.75) is 49.6 Å². The largest absolute Gasteiger partial charge is 0.349 e. The van der Waals surface area contributed by atoms with Crippen LogP contribution in [0.4, 0.5) is 0 Å². The summed E-state index contributed by atoms with van der Waals surface area (Å²) in [5.74, 6) is -0.0664. The van der Waals surface area contributed by atoms with Crippen molar-refractivity contribution < 1.29 is 13.2 Å². The predicted molar refractivity (Wildman–Crippen MR) is 115 cm³/mol. The van der Waals surface area contributed by atoms with Crippen LogP contribution in [0.3, 0.4) is 0 Å². The Hall–Kier alpha value is -2.44. The molecule has 6 heteroatoms. The van der Waals surface area contributed by atoms with Gasteiger partial charge in [-0.2, -0.15) is 4.31 Å². The molecule has 29 heavy (non-hydrogen) atoms. The third kappa shape index (κ3) is 5.55. The quantitative estimate of drug-likeness (QED) is 0.663. The van der Waals surface area contributed by atoms with Gasteiger partial charge >= 0.3 is 0 Å². The Morgan fingerprint density at radius 3 is 2.31 bits per heavy atom. The third-order valence-electron chi connectivity index (χ3n) is 5.23. The summed E-state index contributed by atoms with van der Waals surface area (Å²) >= 11 is 0. The summed E-state index contributed by atoms with van der Waals surface area (Å²) in [6.07, 6.45) is 7.23. The maximum absolute atomic E-state index is 12.9. The highest BCUT2D eigenvalue weighted by Crippen LogP contribution is 2.20. The molecular weight excluding hydrogens is 384 g/mol. The first kappa shape index (κ1) is 21.3. The van der Waals surface area contributed by atoms with Crippen LogP contribution in [0.2, 0.25) is 0 Å². The number of benzene rings is 2. The second-order valence-electron chi connectivity index (χ2n) is 7.40. The Balaban J connectivity index is 1.69. The van der Waals surface area contributed by atoms with Gasteiger partial charge in [-0.05, 0) is 42.7 Å². The number of nitrogens with one attached hydrogen (secondary N) is 1. The molecule has 0 unspecified atom stereocenters. The van der Waals surface area contributed by atoms with Crippen molar-refractivity contribution in [3.8, 4) is 0 Å². The van der Waals surface area contributed by atoms with Crippen molar-refractivity contribution in [1.82, 2.24) is 9.62 Å². The first-order chi connectivity index (χ1) is 14.0. The third-order valence-corrected chi connectivity index (χ3v) is 7.06. The van der Waals surface area contributed by atoms with E-state index in [1.54, 1.807) is 48.5 Å². The highest BCUT2D eigenvalue weighted by Gasteiger charge is 2.23. The Morgan fingerprint density at radius 1 is 1.03 bits per heavy atom. The van der Waals surface area contributed by atoms with Crippen molar-refractivity contribution >= 4 is 15.9 Å². The summed E-state index contributed by atoms with van der Waals surface area (Å²) in [6.45, 7) is 4.11. The van der Waals surface area contributed by atoms with Crippen LogP contribution in [0.25, 0.3) is 0 Å². The van der Waals surface area contributed by atoms with Crippen LogP contribution in [-0.2, 0) is 16.6 Å². The average Bonchev–Trinajstić information content (AvgIpc) is 2.75. The number of hydrogen-bond donors (Lipinski definition) is 1. The van der Waals surface area contributed by atoms with Gasteiger partial charge in [0.1, 0.15) is 0 Å². The molecule has 1 fully saturated rings. The van der Waals surface area contributed by atoms with Gasteiger partial charge in [-0.25, -0.2) is 8.42 Å². The van der Waals surface area contributed by atoms with Crippen LogP contribution in [0.1, 0.15) is 48.0 Å². The number of sulfonamides is 1. The lowest BCUT2D eigenvalue weighted by Crippen LogP contribution is -2.36. The van der Waals surface area contributed by atoms with Gasteiger partial charge in [-0.1, -0.05) is 55.7 Å². The van der Waals surface area contributed by atoms with Gasteiger partial charge in [0, 0.05) is 24.7 Å². The van der Waals surface area contributed by atoms with Crippen LogP contribution in [0, 0.1) is 0 Å². The average molecular weight is 413 g/mol. The van der Waals surface area contributed by atoms with E-state index in [-0.39, 0.29) is 29.9 Å². The molecule has 0 bridgehead atoms. The minimum Gasteiger partial charge on any atom is -0.349 e. The van der Waals surface area contributed by atoms with E-state index in [4.69, 9.17) is 0 Å². The molecule has 3 rings (SSSR count). The number of hydrogen-bond acceptors (Lipinski definition) is 3. The summed E-state index contributed by atoms with van der Waals surface area (Å²) in [4.78, 5) is 12.7. The molecule has 154 valence electrons. The van der Waals surface area contributed by atoms with Gasteiger partial charge in [0.25, 0.3) is 5.91 Å². The number of carbonyl (C=O) groups is 1. The Labute approximate surface area is 173 Å². The number of nitrogens with zero attached hydrogens (tertiary/aromatic N) is 1. The van der Waals surface area contributed by atoms with Crippen molar-refractivity contribution in [2.75, 3.05) is 6.54 Å². The summed E-state index contributed by atoms with van der Waals surface area (Å²) < 4.78 is 27.3. The lowest BCUT2D eigenvalue weighted by atomic mass is 9.95. The zero-order chi connectivity index (χ0) is 20.7. The van der Waals surface area contributed by atoms with Gasteiger partial charge in [0.2, 0.25) is 10.0 Å². The van der Waals surface area contributed by atoms with Crippen LogP contribution in [-0.4, -0.2) is 31.2 Å². The van der Waals surface area contributed by atoms with E-state index in [9.17, 15) is 13.2 Å². The smallest absolute Gasteiger partial charge is 0.251 e. The highest BCUT2D eigenvalue weighted by molar-refractivity contribution is 7.89. The van der Waals surface area contributed by atoms with E-state index < -0.39 is 10.0 Å². The molecule has 1 amide bonds. The molecule has 0 spiro atoms. The summed E-state index contributed by atoms with van der Waals surface area (Å²) in [5, 5.41) is 3.10. The lowest BCUT2D eigenvalue weighted by Gasteiger charge is -2.23. The molecule has 0 atom stereocenters. The van der Waals surface area contributed by atoms with E-state index in [1.807, 2.05) is 12.1 Å². The van der Waals surface area contributed by atoms with Gasteiger partial charge in [0.15, 0.2) is 0 Å². The Morgan fingerprint density at radius 2 is 1.69 bits per heavy atom. The summed E-state index contributed by atoms with van der Waals surface area (Å²) in [7, 11) is -3.62. The first-order valence-corrected chi connectivity index (χ1v) is 11.5. The molecule has 1 N–H and O–H groups in total. The van der Waals surface area contributed by atoms with Gasteiger partial charge in [0.05, 0.1) is 4.90 Å². The molecular formula is C23H28N2O3S. The minimum atomic E-state index is -3.62. The molecule has 1 saturated carbocycles. The lowest BCUT2D eigenvalue weighted by molar-refractivity contribution is 0.0927. The Bertz CT molecular complexity index is 918. The zero-order valence-corrected chi connectivity index (χ0v) is 17.4. The number of rotatable bonds is 8. The van der Waals surface area contributed by atoms with Crippen LogP contribution in [0.5, 0.6) is 0 Å².